The second kappa shape index (κ2) is 4.00. The van der Waals surface area contributed by atoms with Crippen LogP contribution in [0.25, 0.3) is 0 Å². The fourth-order valence-corrected chi connectivity index (χ4v) is 1.07. The molecule has 1 aromatic rings. The fraction of sp³-hybridized carbons (Fsp3) is 0.400. The largest absolute Gasteiger partial charge is 0.508 e. The molecule has 12 heavy (non-hydrogen) atoms. The summed E-state index contributed by atoms with van der Waals surface area (Å²) in [5.41, 5.74) is 0.856. The van der Waals surface area contributed by atoms with Crippen LogP contribution in [0.3, 0.4) is 0 Å². The molecular weight excluding hydrogens is 152 g/mol. The van der Waals surface area contributed by atoms with Crippen LogP contribution in [0.2, 0.25) is 0 Å². The third kappa shape index (κ3) is 2.16. The molecule has 0 spiro atoms. The Kier molecular flexibility index (Phi) is 2.97. The van der Waals surface area contributed by atoms with E-state index in [-0.39, 0.29) is 11.5 Å². The zero-order valence-electron chi connectivity index (χ0n) is 7.17. The Balaban J connectivity index is 2.72. The summed E-state index contributed by atoms with van der Waals surface area (Å²) in [4.78, 5) is 0. The lowest BCUT2D eigenvalue weighted by molar-refractivity contribution is 0.444. The van der Waals surface area contributed by atoms with Gasteiger partial charge in [0.25, 0.3) is 0 Å². The Labute approximate surface area is 72.5 Å². The molecule has 1 radical (unpaired) electrons. The molecule has 0 fully saturated rings. The normalized spacial score (nSPS) is 10.1. The fourth-order valence-electron chi connectivity index (χ4n) is 1.07. The van der Waals surface area contributed by atoms with Crippen LogP contribution in [0, 0.1) is 6.07 Å². The van der Waals surface area contributed by atoms with E-state index in [1.54, 1.807) is 6.07 Å². The molecule has 2 N–H and O–H groups in total. The van der Waals surface area contributed by atoms with E-state index in [0.29, 0.717) is 0 Å². The van der Waals surface area contributed by atoms with E-state index in [9.17, 15) is 5.11 Å². The van der Waals surface area contributed by atoms with Crippen molar-refractivity contribution in [3.8, 4) is 11.5 Å². The Hall–Kier alpha value is -1.18. The predicted octanol–water partition coefficient (Wildman–Crippen LogP) is 2.24. The maximum absolute atomic E-state index is 9.34. The molecule has 0 aromatic heterocycles. The average Bonchev–Trinajstić information content (AvgIpc) is 2.03. The average molecular weight is 165 g/mol. The van der Waals surface area contributed by atoms with Crippen LogP contribution in [0.15, 0.2) is 12.1 Å². The molecule has 0 saturated heterocycles. The van der Waals surface area contributed by atoms with E-state index in [4.69, 9.17) is 5.11 Å². The molecule has 0 aliphatic rings. The molecule has 0 heterocycles. The summed E-state index contributed by atoms with van der Waals surface area (Å²) in [6.45, 7) is 2.10. The number of aryl methyl sites for hydroxylation is 1. The van der Waals surface area contributed by atoms with Crippen LogP contribution >= 0.6 is 0 Å². The molecule has 65 valence electrons. The van der Waals surface area contributed by atoms with Gasteiger partial charge in [0.1, 0.15) is 11.5 Å². The van der Waals surface area contributed by atoms with Crippen molar-refractivity contribution in [1.29, 1.82) is 0 Å². The third-order valence-corrected chi connectivity index (χ3v) is 1.80. The first-order chi connectivity index (χ1) is 5.74. The van der Waals surface area contributed by atoms with Gasteiger partial charge in [0.05, 0.1) is 0 Å². The number of phenols is 2. The van der Waals surface area contributed by atoms with E-state index in [0.717, 1.165) is 24.8 Å². The van der Waals surface area contributed by atoms with Crippen LogP contribution in [0.1, 0.15) is 25.3 Å². The molecule has 2 nitrogen and oxygen atoms in total. The Morgan fingerprint density at radius 2 is 2.17 bits per heavy atom. The number of aromatic hydroxyl groups is 2. The summed E-state index contributed by atoms with van der Waals surface area (Å²) in [7, 11) is 0. The first-order valence-electron chi connectivity index (χ1n) is 4.16. The maximum atomic E-state index is 9.34. The minimum absolute atomic E-state index is 0.00671. The zero-order valence-corrected chi connectivity index (χ0v) is 7.17. The molecule has 0 amide bonds. The van der Waals surface area contributed by atoms with Gasteiger partial charge in [-0.25, -0.2) is 0 Å². The monoisotopic (exact) mass is 165 g/mol. The van der Waals surface area contributed by atoms with E-state index in [1.165, 1.54) is 6.07 Å². The number of hydrogen-bond acceptors (Lipinski definition) is 2. The van der Waals surface area contributed by atoms with Gasteiger partial charge in [-0.05, 0) is 24.5 Å². The van der Waals surface area contributed by atoms with E-state index >= 15 is 0 Å². The van der Waals surface area contributed by atoms with Crippen LogP contribution in [-0.4, -0.2) is 10.2 Å². The summed E-state index contributed by atoms with van der Waals surface area (Å²) < 4.78 is 0. The Morgan fingerprint density at radius 3 is 2.75 bits per heavy atom. The van der Waals surface area contributed by atoms with Gasteiger partial charge in [0.2, 0.25) is 0 Å². The summed E-state index contributed by atoms with van der Waals surface area (Å²) in [6.07, 6.45) is 2.99. The highest BCUT2D eigenvalue weighted by Gasteiger charge is 2.00. The molecule has 0 aliphatic carbocycles. The first-order valence-corrected chi connectivity index (χ1v) is 4.16. The highest BCUT2D eigenvalue weighted by atomic mass is 16.3. The minimum Gasteiger partial charge on any atom is -0.508 e. The number of hydrogen-bond donors (Lipinski definition) is 2. The second-order valence-electron chi connectivity index (χ2n) is 2.83. The molecule has 1 aromatic carbocycles. The molecule has 0 unspecified atom stereocenters. The van der Waals surface area contributed by atoms with E-state index in [2.05, 4.69) is 13.0 Å². The van der Waals surface area contributed by atoms with Crippen LogP contribution in [0.4, 0.5) is 0 Å². The molecule has 0 bridgehead atoms. The van der Waals surface area contributed by atoms with Gasteiger partial charge in [-0.3, -0.25) is 0 Å². The van der Waals surface area contributed by atoms with Crippen LogP contribution in [-0.2, 0) is 6.42 Å². The summed E-state index contributed by atoms with van der Waals surface area (Å²) >= 11 is 0. The van der Waals surface area contributed by atoms with Crippen molar-refractivity contribution < 1.29 is 10.2 Å². The van der Waals surface area contributed by atoms with Gasteiger partial charge in [0.15, 0.2) is 0 Å². The SMILES string of the molecule is CCCCc1c[c]c(O)cc1O. The smallest absolute Gasteiger partial charge is 0.127 e. The highest BCUT2D eigenvalue weighted by molar-refractivity contribution is 5.38. The quantitative estimate of drug-likeness (QED) is 0.721. The number of rotatable bonds is 3. The van der Waals surface area contributed by atoms with Crippen LogP contribution < -0.4 is 0 Å². The summed E-state index contributed by atoms with van der Waals surface area (Å²) in [6, 6.07) is 5.61. The first kappa shape index (κ1) is 8.91. The van der Waals surface area contributed by atoms with Crippen LogP contribution in [0.5, 0.6) is 11.5 Å². The molecule has 0 atom stereocenters. The van der Waals surface area contributed by atoms with Gasteiger partial charge < -0.3 is 10.2 Å². The third-order valence-electron chi connectivity index (χ3n) is 1.80. The standard InChI is InChI=1S/C10H13O2/c1-2-3-4-8-5-6-9(11)7-10(8)12/h5,7,11-12H,2-4H2,1H3. The predicted molar refractivity (Wildman–Crippen MR) is 47.2 cm³/mol. The van der Waals surface area contributed by atoms with Crippen molar-refractivity contribution in [1.82, 2.24) is 0 Å². The van der Waals surface area contributed by atoms with E-state index < -0.39 is 0 Å². The maximum Gasteiger partial charge on any atom is 0.127 e. The van der Waals surface area contributed by atoms with Crippen molar-refractivity contribution in [2.45, 2.75) is 26.2 Å². The van der Waals surface area contributed by atoms with Gasteiger partial charge in [-0.1, -0.05) is 13.3 Å². The molecule has 2 heteroatoms. The lowest BCUT2D eigenvalue weighted by Crippen LogP contribution is -1.84. The molecule has 0 saturated carbocycles. The zero-order chi connectivity index (χ0) is 8.97. The number of phenolic OH excluding ortho intramolecular Hbond substituents is 2. The number of benzene rings is 1. The number of unbranched alkanes of at least 4 members (excludes halogenated alkanes) is 1. The van der Waals surface area contributed by atoms with Crippen molar-refractivity contribution in [3.05, 3.63) is 23.8 Å². The minimum atomic E-state index is -0.00671. The summed E-state index contributed by atoms with van der Waals surface area (Å²) in [5.74, 6) is 0.160. The Bertz CT molecular complexity index is 256. The van der Waals surface area contributed by atoms with Crippen molar-refractivity contribution in [3.63, 3.8) is 0 Å². The molecule has 0 aliphatic heterocycles. The topological polar surface area (TPSA) is 40.5 Å². The second-order valence-corrected chi connectivity index (χ2v) is 2.83. The van der Waals surface area contributed by atoms with E-state index in [1.807, 2.05) is 0 Å². The van der Waals surface area contributed by atoms with Gasteiger partial charge in [-0.2, -0.15) is 0 Å². The lowest BCUT2D eigenvalue weighted by Gasteiger charge is -2.02. The lowest BCUT2D eigenvalue weighted by atomic mass is 10.1. The molecular formula is C10H13O2. The van der Waals surface area contributed by atoms with Crippen molar-refractivity contribution in [2.24, 2.45) is 0 Å². The van der Waals surface area contributed by atoms with Crippen molar-refractivity contribution >= 4 is 0 Å². The Morgan fingerprint density at radius 1 is 1.42 bits per heavy atom. The molecule has 1 rings (SSSR count). The van der Waals surface area contributed by atoms with Gasteiger partial charge >= 0.3 is 0 Å². The van der Waals surface area contributed by atoms with Crippen molar-refractivity contribution in [2.75, 3.05) is 0 Å². The summed E-state index contributed by atoms with van der Waals surface area (Å²) in [5, 5.41) is 18.3. The van der Waals surface area contributed by atoms with Gasteiger partial charge in [0, 0.05) is 12.1 Å². The van der Waals surface area contributed by atoms with Gasteiger partial charge in [-0.15, -0.1) is 0 Å². The highest BCUT2D eigenvalue weighted by Crippen LogP contribution is 2.23.